The number of thiol groups is 1. The Bertz CT molecular complexity index is 438. The molecule has 0 N–H and O–H groups in total. The van der Waals surface area contributed by atoms with Crippen LogP contribution in [0.4, 0.5) is 0 Å². The van der Waals surface area contributed by atoms with Crippen LogP contribution >= 0.6 is 25.0 Å². The molecular weight excluding hydrogens is 334 g/mol. The lowest BCUT2D eigenvalue weighted by Gasteiger charge is -2.14. The number of rotatable bonds is 13. The summed E-state index contributed by atoms with van der Waals surface area (Å²) in [6.45, 7) is 2.27. The molecular formula is C21H34ClNS. The standard InChI is InChI=1S/C21H33NS.ClH/c1-2-3-4-5-6-7-8-9-10-11-21(18-23)16-19-12-14-20(17-22)15-13-19;/h12-15,21,23H,2-11,16,18H2,1H3;1H. The molecule has 0 radical (unpaired) electrons. The van der Waals surface area contributed by atoms with Crippen molar-refractivity contribution in [2.45, 2.75) is 77.6 Å². The van der Waals surface area contributed by atoms with Crippen LogP contribution in [0.25, 0.3) is 0 Å². The maximum Gasteiger partial charge on any atom is 0.0991 e. The summed E-state index contributed by atoms with van der Waals surface area (Å²) in [5.41, 5.74) is 2.08. The summed E-state index contributed by atoms with van der Waals surface area (Å²) in [4.78, 5) is 0. The van der Waals surface area contributed by atoms with Crippen LogP contribution in [-0.2, 0) is 6.42 Å². The molecule has 1 unspecified atom stereocenters. The van der Waals surface area contributed by atoms with E-state index in [4.69, 9.17) is 5.26 Å². The number of unbranched alkanes of at least 4 members (excludes halogenated alkanes) is 8. The molecule has 1 aromatic rings. The molecule has 136 valence electrons. The minimum Gasteiger partial charge on any atom is -0.192 e. The molecule has 0 saturated carbocycles. The normalized spacial score (nSPS) is 11.5. The highest BCUT2D eigenvalue weighted by Gasteiger charge is 2.08. The van der Waals surface area contributed by atoms with Gasteiger partial charge < -0.3 is 0 Å². The van der Waals surface area contributed by atoms with Crippen molar-refractivity contribution in [3.8, 4) is 6.07 Å². The Kier molecular flexibility index (Phi) is 15.4. The van der Waals surface area contributed by atoms with Crippen molar-refractivity contribution < 1.29 is 0 Å². The lowest BCUT2D eigenvalue weighted by Crippen LogP contribution is -2.06. The third-order valence-corrected chi connectivity index (χ3v) is 5.10. The molecule has 1 aromatic carbocycles. The molecule has 0 saturated heterocycles. The van der Waals surface area contributed by atoms with Gasteiger partial charge in [-0.15, -0.1) is 12.4 Å². The van der Waals surface area contributed by atoms with Crippen LogP contribution in [0.1, 0.15) is 82.3 Å². The molecule has 0 bridgehead atoms. The minimum atomic E-state index is 0. The molecule has 1 rings (SSSR count). The topological polar surface area (TPSA) is 23.8 Å². The average molecular weight is 368 g/mol. The maximum atomic E-state index is 8.84. The Morgan fingerprint density at radius 2 is 1.46 bits per heavy atom. The SMILES string of the molecule is CCCCCCCCCCCC(CS)Cc1ccc(C#N)cc1.Cl. The van der Waals surface area contributed by atoms with Gasteiger partial charge in [-0.1, -0.05) is 76.8 Å². The van der Waals surface area contributed by atoms with Gasteiger partial charge in [0.05, 0.1) is 11.6 Å². The third kappa shape index (κ3) is 11.0. The van der Waals surface area contributed by atoms with Gasteiger partial charge in [-0.05, 0) is 42.2 Å². The predicted octanol–water partition coefficient (Wildman–Crippen LogP) is 6.99. The zero-order valence-electron chi connectivity index (χ0n) is 15.2. The van der Waals surface area contributed by atoms with Crippen LogP contribution in [0, 0.1) is 17.2 Å². The zero-order valence-corrected chi connectivity index (χ0v) is 16.9. The second kappa shape index (κ2) is 15.9. The Hall–Kier alpha value is -0.650. The number of halogens is 1. The quantitative estimate of drug-likeness (QED) is 0.294. The summed E-state index contributed by atoms with van der Waals surface area (Å²) in [5, 5.41) is 8.84. The van der Waals surface area contributed by atoms with E-state index in [1.807, 2.05) is 12.1 Å². The number of benzene rings is 1. The van der Waals surface area contributed by atoms with Gasteiger partial charge in [0.15, 0.2) is 0 Å². The van der Waals surface area contributed by atoms with Gasteiger partial charge in [0.2, 0.25) is 0 Å². The second-order valence-corrected chi connectivity index (χ2v) is 7.04. The summed E-state index contributed by atoms with van der Waals surface area (Å²) in [6, 6.07) is 10.2. The average Bonchev–Trinajstić information content (AvgIpc) is 2.59. The Morgan fingerprint density at radius 3 is 1.96 bits per heavy atom. The lowest BCUT2D eigenvalue weighted by molar-refractivity contribution is 0.484. The molecule has 1 nitrogen and oxygen atoms in total. The highest BCUT2D eigenvalue weighted by atomic mass is 35.5. The fourth-order valence-corrected chi connectivity index (χ4v) is 3.36. The summed E-state index contributed by atoms with van der Waals surface area (Å²) in [6.07, 6.45) is 14.9. The molecule has 0 heterocycles. The first-order valence-corrected chi connectivity index (χ1v) is 10.0. The molecule has 0 aromatic heterocycles. The number of nitriles is 1. The van der Waals surface area contributed by atoms with Gasteiger partial charge in [-0.3, -0.25) is 0 Å². The van der Waals surface area contributed by atoms with Crippen molar-refractivity contribution in [1.82, 2.24) is 0 Å². The summed E-state index contributed by atoms with van der Waals surface area (Å²) < 4.78 is 0. The number of hydrogen-bond acceptors (Lipinski definition) is 2. The lowest BCUT2D eigenvalue weighted by atomic mass is 9.94. The Labute approximate surface area is 161 Å². The Balaban J connectivity index is 0.00000529. The van der Waals surface area contributed by atoms with Crippen molar-refractivity contribution in [2.75, 3.05) is 5.75 Å². The van der Waals surface area contributed by atoms with E-state index in [2.05, 4.69) is 37.8 Å². The van der Waals surface area contributed by atoms with E-state index >= 15 is 0 Å². The molecule has 0 aliphatic rings. The highest BCUT2D eigenvalue weighted by Crippen LogP contribution is 2.19. The molecule has 1 atom stereocenters. The van der Waals surface area contributed by atoms with E-state index in [1.54, 1.807) is 0 Å². The van der Waals surface area contributed by atoms with Gasteiger partial charge in [0, 0.05) is 0 Å². The number of hydrogen-bond donors (Lipinski definition) is 1. The maximum absolute atomic E-state index is 8.84. The molecule has 0 spiro atoms. The third-order valence-electron chi connectivity index (χ3n) is 4.58. The number of nitrogens with zero attached hydrogens (tertiary/aromatic N) is 1. The van der Waals surface area contributed by atoms with Gasteiger partial charge >= 0.3 is 0 Å². The monoisotopic (exact) mass is 367 g/mol. The van der Waals surface area contributed by atoms with E-state index in [1.165, 1.54) is 69.8 Å². The van der Waals surface area contributed by atoms with Crippen molar-refractivity contribution >= 4 is 25.0 Å². The molecule has 0 amide bonds. The van der Waals surface area contributed by atoms with E-state index < -0.39 is 0 Å². The first-order chi connectivity index (χ1) is 11.3. The van der Waals surface area contributed by atoms with Gasteiger partial charge in [0.1, 0.15) is 0 Å². The van der Waals surface area contributed by atoms with Gasteiger partial charge in [-0.2, -0.15) is 17.9 Å². The first kappa shape index (κ1) is 23.4. The summed E-state index contributed by atoms with van der Waals surface area (Å²) in [7, 11) is 0. The fraction of sp³-hybridized carbons (Fsp3) is 0.667. The fourth-order valence-electron chi connectivity index (χ4n) is 3.05. The largest absolute Gasteiger partial charge is 0.192 e. The van der Waals surface area contributed by atoms with Crippen LogP contribution in [0.2, 0.25) is 0 Å². The zero-order chi connectivity index (χ0) is 16.8. The highest BCUT2D eigenvalue weighted by molar-refractivity contribution is 7.80. The Morgan fingerprint density at radius 1 is 0.917 bits per heavy atom. The molecule has 0 aliphatic carbocycles. The first-order valence-electron chi connectivity index (χ1n) is 9.40. The van der Waals surface area contributed by atoms with Crippen molar-refractivity contribution in [3.63, 3.8) is 0 Å². The predicted molar refractivity (Wildman–Crippen MR) is 111 cm³/mol. The van der Waals surface area contributed by atoms with Crippen LogP contribution in [-0.4, -0.2) is 5.75 Å². The van der Waals surface area contributed by atoms with Crippen molar-refractivity contribution in [3.05, 3.63) is 35.4 Å². The van der Waals surface area contributed by atoms with E-state index in [9.17, 15) is 0 Å². The van der Waals surface area contributed by atoms with Crippen LogP contribution in [0.15, 0.2) is 24.3 Å². The molecule has 0 aliphatic heterocycles. The molecule has 3 heteroatoms. The van der Waals surface area contributed by atoms with Crippen LogP contribution < -0.4 is 0 Å². The van der Waals surface area contributed by atoms with Crippen molar-refractivity contribution in [1.29, 1.82) is 5.26 Å². The summed E-state index contributed by atoms with van der Waals surface area (Å²) >= 11 is 4.52. The van der Waals surface area contributed by atoms with Crippen LogP contribution in [0.3, 0.4) is 0 Å². The van der Waals surface area contributed by atoms with E-state index in [-0.39, 0.29) is 12.4 Å². The molecule has 0 fully saturated rings. The van der Waals surface area contributed by atoms with E-state index in [0.717, 1.165) is 17.7 Å². The smallest absolute Gasteiger partial charge is 0.0991 e. The summed E-state index contributed by atoms with van der Waals surface area (Å²) in [5.74, 6) is 1.62. The second-order valence-electron chi connectivity index (χ2n) is 6.68. The van der Waals surface area contributed by atoms with E-state index in [0.29, 0.717) is 5.92 Å². The van der Waals surface area contributed by atoms with Gasteiger partial charge in [-0.25, -0.2) is 0 Å². The minimum absolute atomic E-state index is 0. The van der Waals surface area contributed by atoms with Gasteiger partial charge in [0.25, 0.3) is 0 Å². The van der Waals surface area contributed by atoms with Crippen LogP contribution in [0.5, 0.6) is 0 Å². The van der Waals surface area contributed by atoms with Crippen molar-refractivity contribution in [2.24, 2.45) is 5.92 Å². The molecule has 24 heavy (non-hydrogen) atoms.